The zero-order chi connectivity index (χ0) is 8.97. The van der Waals surface area contributed by atoms with Gasteiger partial charge in [-0.15, -0.1) is 0 Å². The van der Waals surface area contributed by atoms with E-state index in [-0.39, 0.29) is 5.56 Å². The molecule has 0 bridgehead atoms. The van der Waals surface area contributed by atoms with Crippen molar-refractivity contribution in [1.29, 1.82) is 0 Å². The minimum absolute atomic E-state index is 0.254. The molecular weight excluding hydrogens is 158 g/mol. The van der Waals surface area contributed by atoms with E-state index in [2.05, 4.69) is 0 Å². The highest BCUT2D eigenvalue weighted by molar-refractivity contribution is 6.42. The highest BCUT2D eigenvalue weighted by atomic mass is 16.5. The molecule has 62 valence electrons. The first-order chi connectivity index (χ1) is 5.75. The average Bonchev–Trinajstić information content (AvgIpc) is 2.17. The lowest BCUT2D eigenvalue weighted by molar-refractivity contribution is -0.124. The predicted octanol–water partition coefficient (Wildman–Crippen LogP) is 0.375. The lowest BCUT2D eigenvalue weighted by Gasteiger charge is -1.96. The van der Waals surface area contributed by atoms with E-state index in [1.807, 2.05) is 0 Å². The first kappa shape index (κ1) is 8.42. The number of ketones is 1. The summed E-state index contributed by atoms with van der Waals surface area (Å²) in [4.78, 5) is 21.6. The largest absolute Gasteiger partial charge is 0.315 e. The lowest BCUT2D eigenvalue weighted by atomic mass is 10.1. The van der Waals surface area contributed by atoms with Crippen LogP contribution in [0.4, 0.5) is 0 Å². The van der Waals surface area contributed by atoms with Crippen LogP contribution in [0.25, 0.3) is 0 Å². The van der Waals surface area contributed by atoms with Crippen LogP contribution in [0.2, 0.25) is 0 Å². The maximum Gasteiger partial charge on any atom is 0.315 e. The summed E-state index contributed by atoms with van der Waals surface area (Å²) < 4.78 is 0. The topological polar surface area (TPSA) is 66.4 Å². The summed E-state index contributed by atoms with van der Waals surface area (Å²) in [6, 6.07) is 8.00. The number of hydrogen-bond acceptors (Lipinski definition) is 3. The Morgan fingerprint density at radius 3 is 2.25 bits per heavy atom. The summed E-state index contributed by atoms with van der Waals surface area (Å²) in [7, 11) is 0. The summed E-state index contributed by atoms with van der Waals surface area (Å²) in [6.45, 7) is 0. The summed E-state index contributed by atoms with van der Waals surface area (Å²) >= 11 is 0. The number of carbonyl (C=O) groups is 2. The molecule has 4 nitrogen and oxygen atoms in total. The molecule has 1 aromatic rings. The molecule has 0 aromatic heterocycles. The van der Waals surface area contributed by atoms with Crippen LogP contribution in [-0.4, -0.2) is 16.9 Å². The van der Waals surface area contributed by atoms with Crippen molar-refractivity contribution in [2.24, 2.45) is 0 Å². The molecule has 0 radical (unpaired) electrons. The number of Topliss-reactive ketones (excluding diaryl/α,β-unsaturated/α-hetero) is 1. The predicted molar refractivity (Wildman–Crippen MR) is 40.7 cm³/mol. The van der Waals surface area contributed by atoms with Crippen molar-refractivity contribution in [3.63, 3.8) is 0 Å². The van der Waals surface area contributed by atoms with Crippen molar-refractivity contribution in [2.45, 2.75) is 0 Å². The molecule has 0 saturated heterocycles. The molecular formula is C8H7NO3. The van der Waals surface area contributed by atoms with Gasteiger partial charge in [-0.25, -0.2) is 5.48 Å². The molecule has 0 spiro atoms. The maximum absolute atomic E-state index is 11.0. The Morgan fingerprint density at radius 1 is 1.17 bits per heavy atom. The fourth-order valence-electron chi connectivity index (χ4n) is 0.771. The van der Waals surface area contributed by atoms with Gasteiger partial charge in [-0.05, 0) is 0 Å². The van der Waals surface area contributed by atoms with Gasteiger partial charge in [0.1, 0.15) is 0 Å². The quantitative estimate of drug-likeness (QED) is 0.288. The summed E-state index contributed by atoms with van der Waals surface area (Å²) in [5.74, 6) is -1.78. The fourth-order valence-corrected chi connectivity index (χ4v) is 0.771. The van der Waals surface area contributed by atoms with Crippen LogP contribution in [-0.2, 0) is 4.79 Å². The van der Waals surface area contributed by atoms with Gasteiger partial charge in [0, 0.05) is 5.56 Å². The van der Waals surface area contributed by atoms with Gasteiger partial charge in [-0.1, -0.05) is 30.3 Å². The van der Waals surface area contributed by atoms with E-state index >= 15 is 0 Å². The Kier molecular flexibility index (Phi) is 2.55. The average molecular weight is 165 g/mol. The molecule has 0 fully saturated rings. The number of hydroxylamine groups is 1. The Hall–Kier alpha value is -1.68. The van der Waals surface area contributed by atoms with Crippen LogP contribution in [0, 0.1) is 0 Å². The maximum atomic E-state index is 11.0. The second kappa shape index (κ2) is 3.64. The van der Waals surface area contributed by atoms with Gasteiger partial charge >= 0.3 is 5.91 Å². The van der Waals surface area contributed by atoms with E-state index in [0.29, 0.717) is 0 Å². The Morgan fingerprint density at radius 2 is 1.75 bits per heavy atom. The molecule has 0 aliphatic carbocycles. The molecule has 0 unspecified atom stereocenters. The summed E-state index contributed by atoms with van der Waals surface area (Å²) in [5.41, 5.74) is 1.53. The first-order valence-electron chi connectivity index (χ1n) is 3.29. The Bertz CT molecular complexity index is 294. The lowest BCUT2D eigenvalue weighted by Crippen LogP contribution is -2.27. The number of amides is 1. The van der Waals surface area contributed by atoms with E-state index in [9.17, 15) is 9.59 Å². The van der Waals surface area contributed by atoms with Crippen molar-refractivity contribution in [3.8, 4) is 0 Å². The second-order valence-corrected chi connectivity index (χ2v) is 2.14. The van der Waals surface area contributed by atoms with Gasteiger partial charge in [-0.3, -0.25) is 14.8 Å². The Labute approximate surface area is 68.8 Å². The molecule has 1 amide bonds. The minimum Gasteiger partial charge on any atom is -0.288 e. The standard InChI is InChI=1S/C8H7NO3/c10-7(8(11)9-12)6-4-2-1-3-5-6/h1-5,12H,(H,9,11). The molecule has 1 aromatic carbocycles. The normalized spacial score (nSPS) is 9.08. The molecule has 2 N–H and O–H groups in total. The summed E-state index contributed by atoms with van der Waals surface area (Å²) in [5, 5.41) is 8.15. The molecule has 12 heavy (non-hydrogen) atoms. The van der Waals surface area contributed by atoms with Crippen LogP contribution >= 0.6 is 0 Å². The third kappa shape index (κ3) is 1.67. The van der Waals surface area contributed by atoms with E-state index in [1.54, 1.807) is 18.2 Å². The van der Waals surface area contributed by atoms with Gasteiger partial charge in [0.2, 0.25) is 0 Å². The van der Waals surface area contributed by atoms with Gasteiger partial charge in [0.25, 0.3) is 5.78 Å². The van der Waals surface area contributed by atoms with Crippen LogP contribution in [0.3, 0.4) is 0 Å². The smallest absolute Gasteiger partial charge is 0.288 e. The van der Waals surface area contributed by atoms with Crippen LogP contribution in [0.5, 0.6) is 0 Å². The van der Waals surface area contributed by atoms with Gasteiger partial charge in [0.05, 0.1) is 0 Å². The van der Waals surface area contributed by atoms with Crippen molar-refractivity contribution in [1.82, 2.24) is 5.48 Å². The van der Waals surface area contributed by atoms with E-state index in [4.69, 9.17) is 5.21 Å². The summed E-state index contributed by atoms with van der Waals surface area (Å²) in [6.07, 6.45) is 0. The van der Waals surface area contributed by atoms with Crippen molar-refractivity contribution in [3.05, 3.63) is 35.9 Å². The van der Waals surface area contributed by atoms with Gasteiger partial charge in [0.15, 0.2) is 0 Å². The Balaban J connectivity index is 2.86. The van der Waals surface area contributed by atoms with Crippen molar-refractivity contribution in [2.75, 3.05) is 0 Å². The number of nitrogens with one attached hydrogen (secondary N) is 1. The van der Waals surface area contributed by atoms with Gasteiger partial charge in [-0.2, -0.15) is 0 Å². The van der Waals surface area contributed by atoms with Crippen molar-refractivity contribution >= 4 is 11.7 Å². The third-order valence-electron chi connectivity index (χ3n) is 1.34. The van der Waals surface area contributed by atoms with E-state index < -0.39 is 11.7 Å². The number of carbonyl (C=O) groups excluding carboxylic acids is 2. The number of benzene rings is 1. The van der Waals surface area contributed by atoms with E-state index in [1.165, 1.54) is 17.6 Å². The second-order valence-electron chi connectivity index (χ2n) is 2.14. The monoisotopic (exact) mass is 165 g/mol. The zero-order valence-electron chi connectivity index (χ0n) is 6.15. The minimum atomic E-state index is -1.03. The van der Waals surface area contributed by atoms with Crippen LogP contribution < -0.4 is 5.48 Å². The van der Waals surface area contributed by atoms with Crippen LogP contribution in [0.15, 0.2) is 30.3 Å². The highest BCUT2D eigenvalue weighted by Gasteiger charge is 2.13. The SMILES string of the molecule is O=C(NO)C(=O)c1ccccc1. The number of hydrogen-bond donors (Lipinski definition) is 2. The molecule has 0 aliphatic heterocycles. The molecule has 0 atom stereocenters. The molecule has 1 rings (SSSR count). The highest BCUT2D eigenvalue weighted by Crippen LogP contribution is 1.98. The van der Waals surface area contributed by atoms with Gasteiger partial charge < -0.3 is 0 Å². The van der Waals surface area contributed by atoms with Crippen molar-refractivity contribution < 1.29 is 14.8 Å². The molecule has 4 heteroatoms. The zero-order valence-corrected chi connectivity index (χ0v) is 6.15. The number of rotatable bonds is 2. The molecule has 0 saturated carbocycles. The van der Waals surface area contributed by atoms with Crippen LogP contribution in [0.1, 0.15) is 10.4 Å². The first-order valence-corrected chi connectivity index (χ1v) is 3.29. The van der Waals surface area contributed by atoms with E-state index in [0.717, 1.165) is 0 Å². The molecule has 0 aliphatic rings. The fraction of sp³-hybridized carbons (Fsp3) is 0. The third-order valence-corrected chi connectivity index (χ3v) is 1.34. The molecule has 0 heterocycles.